The van der Waals surface area contributed by atoms with E-state index in [1.807, 2.05) is 97.1 Å². The first-order chi connectivity index (χ1) is 23.9. The molecule has 0 amide bonds. The number of aromatic nitrogens is 1. The molecule has 11 heteroatoms. The highest BCUT2D eigenvalue weighted by molar-refractivity contribution is 8.04. The Kier molecular flexibility index (Phi) is 10.0. The van der Waals surface area contributed by atoms with Crippen LogP contribution in [0.4, 0.5) is 5.69 Å². The number of fused-ring (bicyclic) bond motifs is 3. The number of aryl methyl sites for hydroxylation is 2. The van der Waals surface area contributed by atoms with Gasteiger partial charge in [-0.2, -0.15) is 13.0 Å². The van der Waals surface area contributed by atoms with E-state index in [9.17, 15) is 13.0 Å². The summed E-state index contributed by atoms with van der Waals surface area (Å²) in [5, 5.41) is 16.7. The molecule has 1 aliphatic heterocycles. The number of benzene rings is 5. The molecule has 1 atom stereocenters. The van der Waals surface area contributed by atoms with E-state index in [0.717, 1.165) is 71.0 Å². The first-order valence-corrected chi connectivity index (χ1v) is 18.9. The van der Waals surface area contributed by atoms with Crippen molar-refractivity contribution >= 4 is 67.4 Å². The van der Waals surface area contributed by atoms with Crippen molar-refractivity contribution in [3.8, 4) is 0 Å². The molecule has 0 bridgehead atoms. The van der Waals surface area contributed by atoms with Gasteiger partial charge in [0.1, 0.15) is 0 Å². The lowest BCUT2D eigenvalue weighted by Crippen LogP contribution is -2.41. The van der Waals surface area contributed by atoms with Crippen molar-refractivity contribution in [1.29, 1.82) is 0 Å². The maximum atomic E-state index is 12.6. The SMILES string of the molecule is O=S(=O)(O)CC(Cc1cccc2ccccc12)N1C(=Cc2ccc3ccccc3[n+]2CCc2ccccc2SOOO)Sc2ccccc21. The number of nitrogens with zero attached hydrogens (tertiary/aromatic N) is 2. The molecule has 8 nitrogen and oxygen atoms in total. The van der Waals surface area contributed by atoms with Crippen LogP contribution in [0.25, 0.3) is 27.8 Å². The van der Waals surface area contributed by atoms with E-state index in [4.69, 9.17) is 9.59 Å². The maximum Gasteiger partial charge on any atom is 0.266 e. The third-order valence-corrected chi connectivity index (χ3v) is 11.3. The molecule has 248 valence electrons. The van der Waals surface area contributed by atoms with Crippen LogP contribution in [0.1, 0.15) is 16.8 Å². The molecule has 0 saturated heterocycles. The van der Waals surface area contributed by atoms with E-state index in [0.29, 0.717) is 19.4 Å². The number of rotatable bonds is 12. The topological polar surface area (TPSA) is 100 Å². The van der Waals surface area contributed by atoms with E-state index in [2.05, 4.69) is 50.9 Å². The second-order valence-electron chi connectivity index (χ2n) is 11.7. The summed E-state index contributed by atoms with van der Waals surface area (Å²) in [4.78, 5) is 3.91. The zero-order chi connectivity index (χ0) is 33.8. The zero-order valence-electron chi connectivity index (χ0n) is 26.3. The molecule has 2 heterocycles. The van der Waals surface area contributed by atoms with Gasteiger partial charge in [0.2, 0.25) is 11.2 Å². The highest BCUT2D eigenvalue weighted by Crippen LogP contribution is 2.48. The Balaban J connectivity index is 1.32. The molecule has 1 unspecified atom stereocenters. The molecule has 0 spiro atoms. The lowest BCUT2D eigenvalue weighted by Gasteiger charge is -2.30. The number of anilines is 1. The maximum absolute atomic E-state index is 12.6. The average Bonchev–Trinajstić information content (AvgIpc) is 3.47. The normalized spacial score (nSPS) is 14.5. The van der Waals surface area contributed by atoms with Crippen LogP contribution < -0.4 is 9.47 Å². The number of pyridine rings is 1. The smallest absolute Gasteiger partial charge is 0.266 e. The van der Waals surface area contributed by atoms with Crippen LogP contribution >= 0.6 is 23.8 Å². The minimum absolute atomic E-state index is 0.402. The molecular formula is C38H33N2O6S3+. The van der Waals surface area contributed by atoms with Crippen molar-refractivity contribution in [1.82, 2.24) is 0 Å². The molecule has 1 aromatic heterocycles. The Morgan fingerprint density at radius 2 is 1.53 bits per heavy atom. The van der Waals surface area contributed by atoms with Crippen molar-refractivity contribution in [3.63, 3.8) is 0 Å². The van der Waals surface area contributed by atoms with Gasteiger partial charge in [0.15, 0.2) is 6.54 Å². The van der Waals surface area contributed by atoms with Gasteiger partial charge in [-0.15, -0.1) is 4.33 Å². The molecule has 7 rings (SSSR count). The molecule has 0 fully saturated rings. The van der Waals surface area contributed by atoms with E-state index in [1.54, 1.807) is 11.8 Å². The second-order valence-corrected chi connectivity index (χ2v) is 15.0. The quantitative estimate of drug-likeness (QED) is 0.0427. The van der Waals surface area contributed by atoms with Crippen LogP contribution in [0.5, 0.6) is 0 Å². The Labute approximate surface area is 293 Å². The van der Waals surface area contributed by atoms with Crippen LogP contribution in [0.3, 0.4) is 0 Å². The van der Waals surface area contributed by atoms with Crippen LogP contribution in [0.15, 0.2) is 142 Å². The summed E-state index contributed by atoms with van der Waals surface area (Å²) in [7, 11) is -4.34. The zero-order valence-corrected chi connectivity index (χ0v) is 28.7. The molecule has 5 aromatic carbocycles. The van der Waals surface area contributed by atoms with Crippen molar-refractivity contribution in [2.24, 2.45) is 0 Å². The predicted molar refractivity (Wildman–Crippen MR) is 196 cm³/mol. The van der Waals surface area contributed by atoms with Gasteiger partial charge in [0, 0.05) is 39.8 Å². The standard InChI is InChI=1S/C38H32N2O6S3/c41-45-46-48-36-18-7-3-12-29(36)22-23-39-31(21-20-28-11-2-5-16-34(28)39)25-38-40(35-17-6-8-19-37(35)47-38)32(26-49(42,43)44)24-30-14-9-13-27-10-1-4-15-33(27)30/h1-21,25,32H,22-24,26H2,(H-,41,42,43,44)/p+1. The highest BCUT2D eigenvalue weighted by atomic mass is 32.2. The molecular weight excluding hydrogens is 677 g/mol. The minimum atomic E-state index is -4.34. The molecule has 0 aliphatic carbocycles. The van der Waals surface area contributed by atoms with Gasteiger partial charge in [-0.25, -0.2) is 5.26 Å². The van der Waals surface area contributed by atoms with Crippen molar-refractivity contribution < 1.29 is 32.2 Å². The van der Waals surface area contributed by atoms with Crippen LogP contribution in [0, 0.1) is 0 Å². The fourth-order valence-corrected chi connectivity index (χ4v) is 8.98. The lowest BCUT2D eigenvalue weighted by atomic mass is 9.98. The van der Waals surface area contributed by atoms with Crippen LogP contribution in [-0.4, -0.2) is 30.0 Å². The lowest BCUT2D eigenvalue weighted by molar-refractivity contribution is -0.672. The monoisotopic (exact) mass is 709 g/mol. The van der Waals surface area contributed by atoms with Crippen LogP contribution in [-0.2, 0) is 38.9 Å². The molecule has 49 heavy (non-hydrogen) atoms. The predicted octanol–water partition coefficient (Wildman–Crippen LogP) is 8.36. The third-order valence-electron chi connectivity index (χ3n) is 8.66. The largest absolute Gasteiger partial charge is 0.330 e. The van der Waals surface area contributed by atoms with E-state index in [-0.39, 0.29) is 0 Å². The second kappa shape index (κ2) is 14.7. The fourth-order valence-electron chi connectivity index (χ4n) is 6.55. The van der Waals surface area contributed by atoms with Gasteiger partial charge < -0.3 is 4.90 Å². The first-order valence-electron chi connectivity index (χ1n) is 15.7. The summed E-state index contributed by atoms with van der Waals surface area (Å²) in [5.41, 5.74) is 4.92. The summed E-state index contributed by atoms with van der Waals surface area (Å²) in [6.45, 7) is 0.625. The van der Waals surface area contributed by atoms with E-state index >= 15 is 0 Å². The number of hydrogen-bond acceptors (Lipinski definition) is 8. The summed E-state index contributed by atoms with van der Waals surface area (Å²) in [5.74, 6) is -0.436. The van der Waals surface area contributed by atoms with Gasteiger partial charge in [-0.1, -0.05) is 102 Å². The summed E-state index contributed by atoms with van der Waals surface area (Å²) < 4.78 is 42.5. The van der Waals surface area contributed by atoms with Crippen LogP contribution in [0.2, 0.25) is 0 Å². The van der Waals surface area contributed by atoms with Crippen molar-refractivity contribution in [2.75, 3.05) is 10.7 Å². The molecule has 0 saturated carbocycles. The van der Waals surface area contributed by atoms with Gasteiger partial charge >= 0.3 is 0 Å². The molecule has 6 aromatic rings. The molecule has 1 aliphatic rings. The number of hydrogen-bond donors (Lipinski definition) is 2. The van der Waals surface area contributed by atoms with Gasteiger partial charge in [0.25, 0.3) is 10.1 Å². The Morgan fingerprint density at radius 1 is 0.816 bits per heavy atom. The summed E-state index contributed by atoms with van der Waals surface area (Å²) in [6, 6.07) is 41.7. The van der Waals surface area contributed by atoms with Gasteiger partial charge in [-0.3, -0.25) is 4.55 Å². The average molecular weight is 710 g/mol. The molecule has 0 radical (unpaired) electrons. The Hall–Kier alpha value is -4.20. The minimum Gasteiger partial charge on any atom is -0.330 e. The summed E-state index contributed by atoms with van der Waals surface area (Å²) in [6.07, 6.45) is 3.18. The fraction of sp³-hybridized carbons (Fsp3) is 0.132. The summed E-state index contributed by atoms with van der Waals surface area (Å²) >= 11 is 2.53. The van der Waals surface area contributed by atoms with E-state index in [1.165, 1.54) is 0 Å². The number of para-hydroxylation sites is 2. The van der Waals surface area contributed by atoms with Gasteiger partial charge in [0.05, 0.1) is 34.6 Å². The first kappa shape index (κ1) is 33.3. The number of thioether (sulfide) groups is 1. The Bertz CT molecular complexity index is 2270. The van der Waals surface area contributed by atoms with Crippen molar-refractivity contribution in [3.05, 3.63) is 149 Å². The van der Waals surface area contributed by atoms with Gasteiger partial charge in [-0.05, 0) is 58.7 Å². The Morgan fingerprint density at radius 3 is 2.39 bits per heavy atom. The van der Waals surface area contributed by atoms with E-state index < -0.39 is 21.9 Å². The third kappa shape index (κ3) is 7.53. The van der Waals surface area contributed by atoms with Crippen molar-refractivity contribution in [2.45, 2.75) is 35.2 Å². The highest BCUT2D eigenvalue weighted by Gasteiger charge is 2.35. The molecule has 2 N–H and O–H groups in total.